The van der Waals surface area contributed by atoms with Gasteiger partial charge in [0.2, 0.25) is 0 Å². The average molecular weight is 269 g/mol. The number of carbonyl (C=O) groups excluding carboxylic acids is 1. The number of carbonyl (C=O) groups is 1. The lowest BCUT2D eigenvalue weighted by atomic mass is 10.1. The maximum atomic E-state index is 12.8. The maximum Gasteiger partial charge on any atom is 0.177 e. The van der Waals surface area contributed by atoms with Crippen LogP contribution in [-0.4, -0.2) is 12.3 Å². The van der Waals surface area contributed by atoms with E-state index >= 15 is 0 Å². The highest BCUT2D eigenvalue weighted by molar-refractivity contribution is 9.10. The minimum atomic E-state index is -0.450. The molecular formula is C8H8BrClFNO. The first-order chi connectivity index (χ1) is 5.66. The summed E-state index contributed by atoms with van der Waals surface area (Å²) in [6.07, 6.45) is 0. The molecule has 0 aliphatic carbocycles. The van der Waals surface area contributed by atoms with Crippen molar-refractivity contribution in [1.29, 1.82) is 0 Å². The molecule has 1 aromatic carbocycles. The van der Waals surface area contributed by atoms with Gasteiger partial charge >= 0.3 is 0 Å². The van der Waals surface area contributed by atoms with E-state index in [1.807, 2.05) is 0 Å². The molecule has 0 fully saturated rings. The molecule has 0 unspecified atom stereocenters. The monoisotopic (exact) mass is 267 g/mol. The summed E-state index contributed by atoms with van der Waals surface area (Å²) in [5, 5.41) is 0. The number of rotatable bonds is 2. The van der Waals surface area contributed by atoms with Crippen molar-refractivity contribution in [3.05, 3.63) is 34.1 Å². The van der Waals surface area contributed by atoms with Crippen LogP contribution in [0.2, 0.25) is 0 Å². The Balaban J connectivity index is 0.00000144. The second-order valence-corrected chi connectivity index (χ2v) is 3.02. The zero-order valence-electron chi connectivity index (χ0n) is 6.59. The van der Waals surface area contributed by atoms with Gasteiger partial charge in [-0.15, -0.1) is 12.4 Å². The second-order valence-electron chi connectivity index (χ2n) is 2.23. The summed E-state index contributed by atoms with van der Waals surface area (Å²) in [6, 6.07) is 4.28. The van der Waals surface area contributed by atoms with E-state index in [-0.39, 0.29) is 34.8 Å². The predicted octanol–water partition coefficient (Wildman–Crippen LogP) is 2.15. The van der Waals surface area contributed by atoms with Gasteiger partial charge in [0.25, 0.3) is 0 Å². The van der Waals surface area contributed by atoms with Crippen molar-refractivity contribution < 1.29 is 9.18 Å². The van der Waals surface area contributed by atoms with E-state index in [9.17, 15) is 9.18 Å². The van der Waals surface area contributed by atoms with Gasteiger partial charge in [-0.3, -0.25) is 4.79 Å². The second kappa shape index (κ2) is 5.32. The molecule has 1 aromatic rings. The van der Waals surface area contributed by atoms with Crippen LogP contribution < -0.4 is 5.73 Å². The van der Waals surface area contributed by atoms with Crippen LogP contribution in [0.25, 0.3) is 0 Å². The number of hydrogen-bond acceptors (Lipinski definition) is 2. The highest BCUT2D eigenvalue weighted by Gasteiger charge is 2.10. The molecule has 1 rings (SSSR count). The van der Waals surface area contributed by atoms with Crippen molar-refractivity contribution in [3.8, 4) is 0 Å². The number of nitrogens with two attached hydrogens (primary N) is 1. The molecule has 0 radical (unpaired) electrons. The molecule has 0 aliphatic rings. The summed E-state index contributed by atoms with van der Waals surface area (Å²) in [4.78, 5) is 11.1. The SMILES string of the molecule is Cl.NCC(=O)c1cccc(F)c1Br. The topological polar surface area (TPSA) is 43.1 Å². The largest absolute Gasteiger partial charge is 0.324 e. The lowest BCUT2D eigenvalue weighted by Gasteiger charge is -2.01. The Morgan fingerprint density at radius 2 is 2.15 bits per heavy atom. The minimum absolute atomic E-state index is 0. The van der Waals surface area contributed by atoms with E-state index in [1.165, 1.54) is 18.2 Å². The lowest BCUT2D eigenvalue weighted by Crippen LogP contribution is -2.14. The van der Waals surface area contributed by atoms with Crippen molar-refractivity contribution in [2.45, 2.75) is 0 Å². The van der Waals surface area contributed by atoms with Crippen LogP contribution in [0.4, 0.5) is 4.39 Å². The van der Waals surface area contributed by atoms with Crippen LogP contribution in [0.1, 0.15) is 10.4 Å². The van der Waals surface area contributed by atoms with E-state index < -0.39 is 5.82 Å². The van der Waals surface area contributed by atoms with Crippen molar-refractivity contribution >= 4 is 34.1 Å². The molecule has 0 saturated heterocycles. The third-order valence-electron chi connectivity index (χ3n) is 1.44. The molecule has 0 spiro atoms. The number of hydrogen-bond donors (Lipinski definition) is 1. The molecule has 2 nitrogen and oxygen atoms in total. The van der Waals surface area contributed by atoms with Gasteiger partial charge in [-0.05, 0) is 22.0 Å². The predicted molar refractivity (Wildman–Crippen MR) is 54.7 cm³/mol. The molecule has 0 saturated carbocycles. The van der Waals surface area contributed by atoms with Gasteiger partial charge in [-0.2, -0.15) is 0 Å². The Morgan fingerprint density at radius 3 is 2.69 bits per heavy atom. The van der Waals surface area contributed by atoms with E-state index in [0.29, 0.717) is 0 Å². The molecular weight excluding hydrogens is 260 g/mol. The van der Waals surface area contributed by atoms with Crippen LogP contribution in [0.5, 0.6) is 0 Å². The normalized spacial score (nSPS) is 9.15. The lowest BCUT2D eigenvalue weighted by molar-refractivity contribution is 0.1000. The summed E-state index contributed by atoms with van der Waals surface area (Å²) >= 11 is 2.97. The zero-order valence-corrected chi connectivity index (χ0v) is 8.99. The number of halogens is 3. The first-order valence-corrected chi connectivity index (χ1v) is 4.13. The highest BCUT2D eigenvalue weighted by atomic mass is 79.9. The Labute approximate surface area is 89.8 Å². The maximum absolute atomic E-state index is 12.8. The van der Waals surface area contributed by atoms with Crippen molar-refractivity contribution in [2.24, 2.45) is 5.73 Å². The molecule has 13 heavy (non-hydrogen) atoms. The van der Waals surface area contributed by atoms with E-state index in [4.69, 9.17) is 5.73 Å². The third-order valence-corrected chi connectivity index (χ3v) is 2.24. The Morgan fingerprint density at radius 1 is 1.54 bits per heavy atom. The summed E-state index contributed by atoms with van der Waals surface area (Å²) in [6.45, 7) is -0.109. The molecule has 2 N–H and O–H groups in total. The zero-order chi connectivity index (χ0) is 9.14. The van der Waals surface area contributed by atoms with Crippen LogP contribution >= 0.6 is 28.3 Å². The standard InChI is InChI=1S/C8H7BrFNO.ClH/c9-8-5(7(12)4-11)2-1-3-6(8)10;/h1-3H,4,11H2;1H. The van der Waals surface area contributed by atoms with Crippen molar-refractivity contribution in [1.82, 2.24) is 0 Å². The molecule has 0 bridgehead atoms. The Kier molecular flexibility index (Phi) is 5.13. The highest BCUT2D eigenvalue weighted by Crippen LogP contribution is 2.20. The van der Waals surface area contributed by atoms with E-state index in [2.05, 4.69) is 15.9 Å². The minimum Gasteiger partial charge on any atom is -0.324 e. The number of ketones is 1. The molecule has 72 valence electrons. The fourth-order valence-corrected chi connectivity index (χ4v) is 1.31. The average Bonchev–Trinajstić information content (AvgIpc) is 2.08. The Hall–Kier alpha value is -0.450. The third kappa shape index (κ3) is 2.76. The molecule has 0 atom stereocenters. The van der Waals surface area contributed by atoms with Gasteiger partial charge in [0, 0.05) is 5.56 Å². The Bertz CT molecular complexity index is 319. The fourth-order valence-electron chi connectivity index (χ4n) is 0.829. The van der Waals surface area contributed by atoms with E-state index in [0.717, 1.165) is 0 Å². The van der Waals surface area contributed by atoms with Crippen LogP contribution in [0.15, 0.2) is 22.7 Å². The van der Waals surface area contributed by atoms with Gasteiger partial charge in [-0.1, -0.05) is 12.1 Å². The summed E-state index contributed by atoms with van der Waals surface area (Å²) in [5.41, 5.74) is 5.42. The summed E-state index contributed by atoms with van der Waals surface area (Å²) < 4.78 is 13.0. The van der Waals surface area contributed by atoms with Crippen LogP contribution in [-0.2, 0) is 0 Å². The molecule has 0 amide bonds. The van der Waals surface area contributed by atoms with Gasteiger partial charge in [0.15, 0.2) is 5.78 Å². The first kappa shape index (κ1) is 12.6. The smallest absolute Gasteiger partial charge is 0.177 e. The number of benzene rings is 1. The van der Waals surface area contributed by atoms with Gasteiger partial charge in [-0.25, -0.2) is 4.39 Å². The molecule has 0 aromatic heterocycles. The van der Waals surface area contributed by atoms with Crippen LogP contribution in [0.3, 0.4) is 0 Å². The molecule has 5 heteroatoms. The first-order valence-electron chi connectivity index (χ1n) is 3.34. The van der Waals surface area contributed by atoms with Crippen molar-refractivity contribution in [3.63, 3.8) is 0 Å². The quantitative estimate of drug-likeness (QED) is 0.835. The van der Waals surface area contributed by atoms with E-state index in [1.54, 1.807) is 0 Å². The fraction of sp³-hybridized carbons (Fsp3) is 0.125. The summed E-state index contributed by atoms with van der Waals surface area (Å²) in [5.74, 6) is -0.726. The van der Waals surface area contributed by atoms with Gasteiger partial charge in [0.1, 0.15) is 5.82 Å². The van der Waals surface area contributed by atoms with Crippen LogP contribution in [0, 0.1) is 5.82 Å². The van der Waals surface area contributed by atoms with Gasteiger partial charge in [0.05, 0.1) is 11.0 Å². The van der Waals surface area contributed by atoms with Gasteiger partial charge < -0.3 is 5.73 Å². The molecule has 0 heterocycles. The summed E-state index contributed by atoms with van der Waals surface area (Å²) in [7, 11) is 0. The number of Topliss-reactive ketones (excluding diaryl/α,β-unsaturated/α-hetero) is 1. The molecule has 0 aliphatic heterocycles. The van der Waals surface area contributed by atoms with Crippen molar-refractivity contribution in [2.75, 3.05) is 6.54 Å².